The number of aryl methyl sites for hydroxylation is 1. The van der Waals surface area contributed by atoms with E-state index in [1.165, 1.54) is 86.8 Å². The van der Waals surface area contributed by atoms with E-state index in [1.807, 2.05) is 0 Å². The molecule has 0 saturated heterocycles. The smallest absolute Gasteiger partial charge is 0.335 e. The van der Waals surface area contributed by atoms with Crippen LogP contribution in [0, 0.1) is 23.3 Å². The molecule has 2 N–H and O–H groups in total. The van der Waals surface area contributed by atoms with Gasteiger partial charge in [0, 0.05) is 73.5 Å². The maximum Gasteiger partial charge on any atom is 0.335 e. The Kier molecular flexibility index (Phi) is 16.1. The number of amides is 2. The highest BCUT2D eigenvalue weighted by Gasteiger charge is 2.28. The van der Waals surface area contributed by atoms with Crippen molar-refractivity contribution in [2.24, 2.45) is 7.05 Å². The van der Waals surface area contributed by atoms with Gasteiger partial charge in [-0.25, -0.2) is 36.3 Å². The summed E-state index contributed by atoms with van der Waals surface area (Å²) in [5.41, 5.74) is -2.88. The number of halogens is 4. The predicted molar refractivity (Wildman–Crippen MR) is 311 cm³/mol. The summed E-state index contributed by atoms with van der Waals surface area (Å²) in [6, 6.07) is 22.8. The normalized spacial score (nSPS) is 12.2. The molecule has 6 aromatic carbocycles. The Labute approximate surface area is 493 Å². The number of ether oxygens (including phenoxy) is 8. The number of benzene rings is 6. The molecule has 0 saturated carbocycles. The first-order valence-corrected chi connectivity index (χ1v) is 26.7. The Balaban J connectivity index is 0.000000182. The van der Waals surface area contributed by atoms with Crippen LogP contribution in [0.4, 0.5) is 28.9 Å². The molecule has 0 atom stereocenters. The van der Waals surface area contributed by atoms with Gasteiger partial charge in [-0.15, -0.1) is 0 Å². The summed E-state index contributed by atoms with van der Waals surface area (Å²) in [4.78, 5) is 87.2. The molecule has 0 radical (unpaired) electrons. The van der Waals surface area contributed by atoms with Crippen molar-refractivity contribution in [3.63, 3.8) is 0 Å². The first-order chi connectivity index (χ1) is 42.4. The van der Waals surface area contributed by atoms with Gasteiger partial charge in [-0.3, -0.25) is 33.7 Å². The average molecular weight is 1210 g/mol. The molecule has 12 rings (SSSR count). The van der Waals surface area contributed by atoms with Crippen LogP contribution in [0.3, 0.4) is 0 Å². The molecule has 4 aromatic heterocycles. The molecule has 88 heavy (non-hydrogen) atoms. The van der Waals surface area contributed by atoms with Gasteiger partial charge >= 0.3 is 11.4 Å². The molecular weight excluding hydrogens is 1160 g/mol. The molecule has 22 nitrogen and oxygen atoms in total. The van der Waals surface area contributed by atoms with E-state index in [2.05, 4.69) is 20.6 Å². The molecule has 0 aliphatic carbocycles. The van der Waals surface area contributed by atoms with E-state index in [0.29, 0.717) is 69.5 Å². The molecular formula is C62H48F4N8O14. The lowest BCUT2D eigenvalue weighted by Gasteiger charge is -2.23. The van der Waals surface area contributed by atoms with Crippen molar-refractivity contribution in [2.45, 2.75) is 19.9 Å². The van der Waals surface area contributed by atoms with Crippen molar-refractivity contribution in [2.75, 3.05) is 51.3 Å². The van der Waals surface area contributed by atoms with E-state index in [-0.39, 0.29) is 64.5 Å². The highest BCUT2D eigenvalue weighted by atomic mass is 19.1. The summed E-state index contributed by atoms with van der Waals surface area (Å²) in [6.07, 6.45) is 5.21. The zero-order chi connectivity index (χ0) is 62.1. The van der Waals surface area contributed by atoms with Crippen LogP contribution in [0.5, 0.6) is 57.5 Å². The number of nitrogens with one attached hydrogen (secondary N) is 2. The van der Waals surface area contributed by atoms with Crippen LogP contribution in [0.1, 0.15) is 40.6 Å². The van der Waals surface area contributed by atoms with E-state index >= 15 is 8.78 Å². The van der Waals surface area contributed by atoms with Crippen LogP contribution in [0.2, 0.25) is 0 Å². The number of methoxy groups -OCH3 is 2. The lowest BCUT2D eigenvalue weighted by molar-refractivity contribution is 0.101. The minimum Gasteiger partial charge on any atom is -0.493 e. The second-order valence-electron chi connectivity index (χ2n) is 19.7. The third-order valence-corrected chi connectivity index (χ3v) is 13.7. The van der Waals surface area contributed by atoms with Gasteiger partial charge in [0.2, 0.25) is 11.5 Å². The summed E-state index contributed by atoms with van der Waals surface area (Å²) in [5.74, 6) is -1.98. The van der Waals surface area contributed by atoms with Crippen LogP contribution < -0.4 is 71.0 Å². The third-order valence-electron chi connectivity index (χ3n) is 13.7. The van der Waals surface area contributed by atoms with Gasteiger partial charge in [-0.05, 0) is 98.8 Å². The Morgan fingerprint density at radius 3 is 1.33 bits per heavy atom. The number of anilines is 2. The summed E-state index contributed by atoms with van der Waals surface area (Å²) >= 11 is 0. The van der Waals surface area contributed by atoms with Crippen LogP contribution in [0.25, 0.3) is 33.2 Å². The molecule has 0 spiro atoms. The summed E-state index contributed by atoms with van der Waals surface area (Å²) in [7, 11) is 4.35. The summed E-state index contributed by atoms with van der Waals surface area (Å²) in [5, 5.41) is 5.89. The maximum absolute atomic E-state index is 15.4. The molecule has 0 fully saturated rings. The van der Waals surface area contributed by atoms with Gasteiger partial charge in [-0.2, -0.15) is 0 Å². The fraction of sp³-hybridized carbons (Fsp3) is 0.161. The zero-order valence-electron chi connectivity index (χ0n) is 47.0. The van der Waals surface area contributed by atoms with E-state index in [9.17, 15) is 37.5 Å². The Hall–Kier alpha value is -11.4. The lowest BCUT2D eigenvalue weighted by atomic mass is 10.1. The summed E-state index contributed by atoms with van der Waals surface area (Å²) < 4.78 is 107. The van der Waals surface area contributed by atoms with Crippen molar-refractivity contribution >= 4 is 45.0 Å². The van der Waals surface area contributed by atoms with Crippen LogP contribution in [0.15, 0.2) is 153 Å². The van der Waals surface area contributed by atoms with Crippen molar-refractivity contribution in [3.8, 4) is 68.9 Å². The van der Waals surface area contributed by atoms with Crippen molar-refractivity contribution in [1.82, 2.24) is 28.2 Å². The minimum absolute atomic E-state index is 0.0230. The maximum atomic E-state index is 15.4. The monoisotopic (exact) mass is 1200 g/mol. The fourth-order valence-electron chi connectivity index (χ4n) is 9.54. The van der Waals surface area contributed by atoms with E-state index in [0.717, 1.165) is 62.5 Å². The fourth-order valence-corrected chi connectivity index (χ4v) is 9.54. The van der Waals surface area contributed by atoms with Crippen LogP contribution >= 0.6 is 0 Å². The third kappa shape index (κ3) is 11.3. The SMILES string of the molecule is COc1cc2nccc(Oc3ccc(NC(=O)c4cn(C(C)C)c(=O)n(-c5ccc(F)cc5)c4=O)cc3F)c2c2c1OCCO2.COc1cc2nccc(Oc3ccc(NC(=O)c4cn(C)c(=O)n(-c5ccc(F)cc5)c4=O)cc3F)c2c2c1OCCO2. The number of aromatic nitrogens is 6. The predicted octanol–water partition coefficient (Wildman–Crippen LogP) is 9.42. The summed E-state index contributed by atoms with van der Waals surface area (Å²) in [6.45, 7) is 4.63. The molecule has 10 aromatic rings. The van der Waals surface area contributed by atoms with Crippen LogP contribution in [-0.4, -0.2) is 80.7 Å². The molecule has 0 unspecified atom stereocenters. The van der Waals surface area contributed by atoms with Crippen molar-refractivity contribution in [1.29, 1.82) is 0 Å². The second kappa shape index (κ2) is 24.3. The Morgan fingerprint density at radius 1 is 0.511 bits per heavy atom. The first-order valence-electron chi connectivity index (χ1n) is 26.7. The van der Waals surface area contributed by atoms with Crippen LogP contribution in [-0.2, 0) is 7.05 Å². The Bertz CT molecular complexity index is 4690. The number of fused-ring (bicyclic) bond motifs is 6. The van der Waals surface area contributed by atoms with E-state index in [4.69, 9.17) is 37.9 Å². The molecule has 0 bridgehead atoms. The van der Waals surface area contributed by atoms with Crippen molar-refractivity contribution < 1.29 is 65.0 Å². The highest BCUT2D eigenvalue weighted by Crippen LogP contribution is 2.50. The van der Waals surface area contributed by atoms with E-state index in [1.54, 1.807) is 38.1 Å². The molecule has 2 aliphatic heterocycles. The lowest BCUT2D eigenvalue weighted by Crippen LogP contribution is -2.42. The number of carbonyl (C=O) groups is 2. The van der Waals surface area contributed by atoms with E-state index < -0.39 is 69.2 Å². The van der Waals surface area contributed by atoms with Crippen molar-refractivity contribution in [3.05, 3.63) is 210 Å². The van der Waals surface area contributed by atoms with Gasteiger partial charge < -0.3 is 53.1 Å². The van der Waals surface area contributed by atoms with Gasteiger partial charge in [0.25, 0.3) is 22.9 Å². The molecule has 6 heterocycles. The number of pyridine rings is 2. The minimum atomic E-state index is -0.927. The topological polar surface area (TPSA) is 246 Å². The number of carbonyl (C=O) groups excluding carboxylic acids is 2. The standard InChI is InChI=1S/C32H26F2N4O7.C30H22F2N4O7/c1-17(2)37-16-21(31(40)38(32(37)41)20-7-4-18(33)5-8-20)30(39)36-19-6-9-24(22(34)14-19)45-25-10-11-35-23-15-26(42-3)28-29(27(23)25)44-13-12-43-28;1-35-15-19(29(38)36(30(35)39)18-6-3-16(31)4-7-18)28(37)34-17-5-8-22(20(32)13-17)43-23-9-10-33-21-14-24(40-2)26-27(25(21)23)42-12-11-41-26/h4-11,14-17H,12-13H2,1-3H3,(H,36,39);3-10,13-15H,11-12H2,1-2H3,(H,34,37). The molecule has 2 amide bonds. The Morgan fingerprint density at radius 2 is 0.920 bits per heavy atom. The molecule has 26 heteroatoms. The average Bonchev–Trinajstić information content (AvgIpc) is 2.68. The largest absolute Gasteiger partial charge is 0.493 e. The molecule has 448 valence electrons. The number of rotatable bonds is 13. The van der Waals surface area contributed by atoms with Gasteiger partial charge in [0.05, 0.1) is 47.4 Å². The van der Waals surface area contributed by atoms with Gasteiger partial charge in [-0.1, -0.05) is 0 Å². The number of nitrogens with zero attached hydrogens (tertiary/aromatic N) is 6. The first kappa shape index (κ1) is 58.3. The number of hydrogen-bond donors (Lipinski definition) is 2. The van der Waals surface area contributed by atoms with Gasteiger partial charge in [0.1, 0.15) is 60.7 Å². The second-order valence-corrected chi connectivity index (χ2v) is 19.7. The zero-order valence-corrected chi connectivity index (χ0v) is 47.0. The van der Waals surface area contributed by atoms with Gasteiger partial charge in [0.15, 0.2) is 46.1 Å². The number of hydrogen-bond acceptors (Lipinski definition) is 16. The molecule has 2 aliphatic rings. The quantitative estimate of drug-likeness (QED) is 0.102. The highest BCUT2D eigenvalue weighted by molar-refractivity contribution is 6.05.